The fourth-order valence-corrected chi connectivity index (χ4v) is 1.55. The summed E-state index contributed by atoms with van der Waals surface area (Å²) in [5.41, 5.74) is 0.931. The number of rotatable bonds is 4. The summed E-state index contributed by atoms with van der Waals surface area (Å²) in [7, 11) is 0. The second-order valence-electron chi connectivity index (χ2n) is 3.97. The third-order valence-corrected chi connectivity index (χ3v) is 2.67. The molecule has 0 radical (unpaired) electrons. The highest BCUT2D eigenvalue weighted by Gasteiger charge is 2.20. The van der Waals surface area contributed by atoms with Crippen molar-refractivity contribution in [3.05, 3.63) is 29.6 Å². The van der Waals surface area contributed by atoms with Crippen LogP contribution < -0.4 is 5.32 Å². The summed E-state index contributed by atoms with van der Waals surface area (Å²) < 4.78 is 13.0. The number of anilines is 1. The molecule has 0 spiro atoms. The Morgan fingerprint density at radius 3 is 2.93 bits per heavy atom. The Hall–Kier alpha value is -1.56. The Bertz CT molecular complexity index is 391. The van der Waals surface area contributed by atoms with Crippen molar-refractivity contribution < 1.29 is 4.39 Å². The quantitative estimate of drug-likeness (QED) is 0.818. The van der Waals surface area contributed by atoms with E-state index in [1.54, 1.807) is 12.1 Å². The fourth-order valence-electron chi connectivity index (χ4n) is 1.55. The van der Waals surface area contributed by atoms with E-state index in [0.717, 1.165) is 18.2 Å². The van der Waals surface area contributed by atoms with Gasteiger partial charge < -0.3 is 5.32 Å². The van der Waals surface area contributed by atoms with Crippen LogP contribution >= 0.6 is 0 Å². The molecule has 0 aromatic heterocycles. The van der Waals surface area contributed by atoms with Crippen LogP contribution in [0.1, 0.15) is 24.8 Å². The maximum absolute atomic E-state index is 13.0. The zero-order valence-corrected chi connectivity index (χ0v) is 8.46. The predicted molar refractivity (Wildman–Crippen MR) is 56.9 cm³/mol. The summed E-state index contributed by atoms with van der Waals surface area (Å²) >= 11 is 0. The number of halogens is 1. The molecule has 1 N–H and O–H groups in total. The van der Waals surface area contributed by atoms with E-state index in [1.807, 2.05) is 6.07 Å². The first-order valence-electron chi connectivity index (χ1n) is 5.23. The number of nitriles is 1. The molecular weight excluding hydrogens is 191 g/mol. The average molecular weight is 204 g/mol. The first kappa shape index (κ1) is 9.97. The van der Waals surface area contributed by atoms with Crippen LogP contribution in [0.15, 0.2) is 18.2 Å². The second-order valence-corrected chi connectivity index (χ2v) is 3.97. The van der Waals surface area contributed by atoms with Gasteiger partial charge in [0.15, 0.2) is 0 Å². The third kappa shape index (κ3) is 2.69. The highest BCUT2D eigenvalue weighted by Crippen LogP contribution is 2.32. The summed E-state index contributed by atoms with van der Waals surface area (Å²) in [4.78, 5) is 0. The van der Waals surface area contributed by atoms with Crippen molar-refractivity contribution in [3.8, 4) is 6.07 Å². The van der Waals surface area contributed by atoms with Crippen LogP contribution in [-0.4, -0.2) is 6.54 Å². The first-order valence-corrected chi connectivity index (χ1v) is 5.23. The van der Waals surface area contributed by atoms with Crippen LogP contribution in [0.4, 0.5) is 10.1 Å². The number of hydrogen-bond donors (Lipinski definition) is 1. The fraction of sp³-hybridized carbons (Fsp3) is 0.417. The molecule has 0 amide bonds. The van der Waals surface area contributed by atoms with Gasteiger partial charge in [0, 0.05) is 12.2 Å². The van der Waals surface area contributed by atoms with Crippen molar-refractivity contribution in [3.63, 3.8) is 0 Å². The van der Waals surface area contributed by atoms with E-state index in [9.17, 15) is 4.39 Å². The predicted octanol–water partition coefficient (Wildman–Crippen LogP) is 2.91. The molecule has 1 aromatic carbocycles. The molecule has 1 aliphatic rings. The van der Waals surface area contributed by atoms with E-state index >= 15 is 0 Å². The molecule has 0 unspecified atom stereocenters. The molecule has 1 saturated carbocycles. The lowest BCUT2D eigenvalue weighted by molar-refractivity contribution is 0.624. The highest BCUT2D eigenvalue weighted by atomic mass is 19.1. The molecular formula is C12H13FN2. The Balaban J connectivity index is 1.92. The zero-order valence-electron chi connectivity index (χ0n) is 8.46. The van der Waals surface area contributed by atoms with E-state index in [2.05, 4.69) is 5.32 Å². The van der Waals surface area contributed by atoms with Crippen molar-refractivity contribution in [2.45, 2.75) is 19.3 Å². The summed E-state index contributed by atoms with van der Waals surface area (Å²) in [6.07, 6.45) is 3.85. The minimum atomic E-state index is -0.453. The maximum atomic E-state index is 13.0. The van der Waals surface area contributed by atoms with Gasteiger partial charge in [0.1, 0.15) is 11.9 Å². The molecule has 2 rings (SSSR count). The van der Waals surface area contributed by atoms with E-state index < -0.39 is 5.82 Å². The summed E-state index contributed by atoms with van der Waals surface area (Å²) in [6.45, 7) is 0.904. The second kappa shape index (κ2) is 4.31. The summed E-state index contributed by atoms with van der Waals surface area (Å²) in [6, 6.07) is 6.39. The molecule has 1 aromatic rings. The molecule has 78 valence electrons. The third-order valence-electron chi connectivity index (χ3n) is 2.67. The largest absolute Gasteiger partial charge is 0.385 e. The maximum Gasteiger partial charge on any atom is 0.141 e. The lowest BCUT2D eigenvalue weighted by atomic mass is 10.2. The smallest absolute Gasteiger partial charge is 0.141 e. The average Bonchev–Trinajstić information content (AvgIpc) is 3.04. The van der Waals surface area contributed by atoms with E-state index in [1.165, 1.54) is 25.3 Å². The van der Waals surface area contributed by atoms with Gasteiger partial charge in [-0.3, -0.25) is 0 Å². The number of benzene rings is 1. The minimum Gasteiger partial charge on any atom is -0.385 e. The van der Waals surface area contributed by atoms with Crippen molar-refractivity contribution in [2.24, 2.45) is 5.92 Å². The minimum absolute atomic E-state index is 0.103. The number of nitrogens with one attached hydrogen (secondary N) is 1. The number of hydrogen-bond acceptors (Lipinski definition) is 2. The van der Waals surface area contributed by atoms with Crippen molar-refractivity contribution in [1.29, 1.82) is 5.26 Å². The van der Waals surface area contributed by atoms with Crippen LogP contribution in [0.3, 0.4) is 0 Å². The highest BCUT2D eigenvalue weighted by molar-refractivity contribution is 5.49. The Morgan fingerprint density at radius 1 is 1.47 bits per heavy atom. The van der Waals surface area contributed by atoms with E-state index in [4.69, 9.17) is 5.26 Å². The molecule has 0 atom stereocenters. The molecule has 0 saturated heterocycles. The van der Waals surface area contributed by atoms with Crippen LogP contribution in [0.2, 0.25) is 0 Å². The molecule has 1 fully saturated rings. The van der Waals surface area contributed by atoms with E-state index in [-0.39, 0.29) is 5.56 Å². The molecule has 3 heteroatoms. The standard InChI is InChI=1S/C12H13FN2/c13-12-4-3-11(7-10(12)8-14)15-6-5-9-1-2-9/h3-4,7,9,15H,1-2,5-6H2. The van der Waals surface area contributed by atoms with Gasteiger partial charge in [0.25, 0.3) is 0 Å². The van der Waals surface area contributed by atoms with Gasteiger partial charge in [0.05, 0.1) is 5.56 Å². The van der Waals surface area contributed by atoms with Crippen LogP contribution in [0, 0.1) is 23.1 Å². The zero-order chi connectivity index (χ0) is 10.7. The van der Waals surface area contributed by atoms with Gasteiger partial charge in [-0.15, -0.1) is 0 Å². The topological polar surface area (TPSA) is 35.8 Å². The van der Waals surface area contributed by atoms with Crippen molar-refractivity contribution in [1.82, 2.24) is 0 Å². The Morgan fingerprint density at radius 2 is 2.27 bits per heavy atom. The Labute approximate surface area is 88.7 Å². The van der Waals surface area contributed by atoms with Gasteiger partial charge in [-0.2, -0.15) is 5.26 Å². The van der Waals surface area contributed by atoms with Gasteiger partial charge in [-0.25, -0.2) is 4.39 Å². The normalized spacial score (nSPS) is 14.7. The van der Waals surface area contributed by atoms with Gasteiger partial charge >= 0.3 is 0 Å². The molecule has 0 aliphatic heterocycles. The number of nitrogens with zero attached hydrogens (tertiary/aromatic N) is 1. The lowest BCUT2D eigenvalue weighted by Crippen LogP contribution is -2.02. The Kier molecular flexibility index (Phi) is 2.86. The van der Waals surface area contributed by atoms with E-state index in [0.29, 0.717) is 0 Å². The van der Waals surface area contributed by atoms with Crippen molar-refractivity contribution >= 4 is 5.69 Å². The molecule has 0 bridgehead atoms. The van der Waals surface area contributed by atoms with Crippen LogP contribution in [-0.2, 0) is 0 Å². The SMILES string of the molecule is N#Cc1cc(NCCC2CC2)ccc1F. The molecule has 0 heterocycles. The van der Waals surface area contributed by atoms with Gasteiger partial charge in [0.2, 0.25) is 0 Å². The summed E-state index contributed by atoms with van der Waals surface area (Å²) in [5, 5.41) is 11.8. The molecule has 1 aliphatic carbocycles. The van der Waals surface area contributed by atoms with Gasteiger partial charge in [-0.05, 0) is 30.5 Å². The van der Waals surface area contributed by atoms with Crippen LogP contribution in [0.25, 0.3) is 0 Å². The monoisotopic (exact) mass is 204 g/mol. The molecule has 15 heavy (non-hydrogen) atoms. The molecule has 2 nitrogen and oxygen atoms in total. The van der Waals surface area contributed by atoms with Crippen LogP contribution in [0.5, 0.6) is 0 Å². The van der Waals surface area contributed by atoms with Gasteiger partial charge in [-0.1, -0.05) is 12.8 Å². The summed E-state index contributed by atoms with van der Waals surface area (Å²) in [5.74, 6) is 0.429. The first-order chi connectivity index (χ1) is 7.29. The van der Waals surface area contributed by atoms with Crippen molar-refractivity contribution in [2.75, 3.05) is 11.9 Å². The lowest BCUT2D eigenvalue weighted by Gasteiger charge is -2.05.